The fourth-order valence-corrected chi connectivity index (χ4v) is 1.58. The second-order valence-corrected chi connectivity index (χ2v) is 4.45. The highest BCUT2D eigenvalue weighted by Gasteiger charge is 2.26. The molecule has 0 heterocycles. The maximum absolute atomic E-state index is 12.1. The van der Waals surface area contributed by atoms with Crippen LogP contribution in [0.2, 0.25) is 0 Å². The molecule has 1 rings (SSSR count). The summed E-state index contributed by atoms with van der Waals surface area (Å²) in [5, 5.41) is 10.9. The molecule has 1 aromatic rings. The SMILES string of the molecule is Cc1ccc(C#CCCO)c(C(=O)NCCC(F)(F)F)c1. The van der Waals surface area contributed by atoms with Gasteiger partial charge >= 0.3 is 6.18 Å². The average Bonchev–Trinajstić information content (AvgIpc) is 2.39. The smallest absolute Gasteiger partial charge is 0.390 e. The van der Waals surface area contributed by atoms with Crippen molar-refractivity contribution in [3.8, 4) is 11.8 Å². The summed E-state index contributed by atoms with van der Waals surface area (Å²) in [5.41, 5.74) is 1.48. The molecule has 1 amide bonds. The zero-order valence-corrected chi connectivity index (χ0v) is 11.5. The van der Waals surface area contributed by atoms with E-state index in [1.54, 1.807) is 25.1 Å². The molecule has 0 bridgehead atoms. The summed E-state index contributed by atoms with van der Waals surface area (Å²) in [4.78, 5) is 11.9. The predicted octanol–water partition coefficient (Wildman–Crippen LogP) is 2.41. The van der Waals surface area contributed by atoms with Gasteiger partial charge in [-0.15, -0.1) is 0 Å². The summed E-state index contributed by atoms with van der Waals surface area (Å²) in [7, 11) is 0. The molecule has 3 nitrogen and oxygen atoms in total. The van der Waals surface area contributed by atoms with Gasteiger partial charge in [-0.05, 0) is 19.1 Å². The van der Waals surface area contributed by atoms with Crippen molar-refractivity contribution in [1.29, 1.82) is 0 Å². The number of hydrogen-bond donors (Lipinski definition) is 2. The van der Waals surface area contributed by atoms with E-state index >= 15 is 0 Å². The highest BCUT2D eigenvalue weighted by atomic mass is 19.4. The van der Waals surface area contributed by atoms with Crippen molar-refractivity contribution in [2.75, 3.05) is 13.2 Å². The van der Waals surface area contributed by atoms with E-state index in [0.717, 1.165) is 5.56 Å². The number of hydrogen-bond acceptors (Lipinski definition) is 2. The Morgan fingerprint density at radius 1 is 1.38 bits per heavy atom. The van der Waals surface area contributed by atoms with Crippen LogP contribution >= 0.6 is 0 Å². The molecule has 0 aliphatic carbocycles. The van der Waals surface area contributed by atoms with Gasteiger partial charge in [-0.3, -0.25) is 4.79 Å². The van der Waals surface area contributed by atoms with Crippen molar-refractivity contribution >= 4 is 5.91 Å². The molecule has 21 heavy (non-hydrogen) atoms. The summed E-state index contributed by atoms with van der Waals surface area (Å²) in [6, 6.07) is 4.97. The molecule has 1 aromatic carbocycles. The van der Waals surface area contributed by atoms with Crippen LogP contribution in [0.1, 0.15) is 34.3 Å². The van der Waals surface area contributed by atoms with Gasteiger partial charge in [-0.25, -0.2) is 0 Å². The summed E-state index contributed by atoms with van der Waals surface area (Å²) in [5.74, 6) is 4.84. The number of aliphatic hydroxyl groups excluding tert-OH is 1. The molecule has 0 fully saturated rings. The van der Waals surface area contributed by atoms with E-state index in [2.05, 4.69) is 17.2 Å². The molecule has 0 aliphatic rings. The predicted molar refractivity (Wildman–Crippen MR) is 72.8 cm³/mol. The number of aliphatic hydroxyl groups is 1. The molecule has 0 saturated heterocycles. The largest absolute Gasteiger partial charge is 0.395 e. The van der Waals surface area contributed by atoms with Gasteiger partial charge < -0.3 is 10.4 Å². The van der Waals surface area contributed by atoms with Crippen LogP contribution in [0.25, 0.3) is 0 Å². The Kier molecular flexibility index (Phi) is 6.25. The van der Waals surface area contributed by atoms with Gasteiger partial charge in [0, 0.05) is 18.5 Å². The molecule has 0 aliphatic heterocycles. The van der Waals surface area contributed by atoms with E-state index in [1.165, 1.54) is 0 Å². The molecule has 0 spiro atoms. The van der Waals surface area contributed by atoms with Crippen LogP contribution in [-0.2, 0) is 0 Å². The third-order valence-corrected chi connectivity index (χ3v) is 2.57. The van der Waals surface area contributed by atoms with Crippen molar-refractivity contribution in [1.82, 2.24) is 5.32 Å². The Labute approximate surface area is 121 Å². The Bertz CT molecular complexity index is 556. The van der Waals surface area contributed by atoms with Gasteiger partial charge in [0.25, 0.3) is 5.91 Å². The van der Waals surface area contributed by atoms with Crippen molar-refractivity contribution in [3.05, 3.63) is 34.9 Å². The van der Waals surface area contributed by atoms with Gasteiger partial charge in [0.2, 0.25) is 0 Å². The van der Waals surface area contributed by atoms with E-state index in [9.17, 15) is 18.0 Å². The molecule has 0 atom stereocenters. The summed E-state index contributed by atoms with van der Waals surface area (Å²) < 4.78 is 36.2. The molecule has 0 unspecified atom stereocenters. The fourth-order valence-electron chi connectivity index (χ4n) is 1.58. The van der Waals surface area contributed by atoms with Gasteiger partial charge in [-0.1, -0.05) is 23.5 Å². The first-order chi connectivity index (χ1) is 9.83. The Morgan fingerprint density at radius 3 is 2.71 bits per heavy atom. The van der Waals surface area contributed by atoms with E-state index in [0.29, 0.717) is 5.56 Å². The van der Waals surface area contributed by atoms with E-state index in [4.69, 9.17) is 5.11 Å². The molecule has 6 heteroatoms. The lowest BCUT2D eigenvalue weighted by molar-refractivity contribution is -0.132. The number of benzene rings is 1. The minimum atomic E-state index is -4.30. The standard InChI is InChI=1S/C15H16F3NO2/c1-11-5-6-12(4-2-3-9-20)13(10-11)14(21)19-8-7-15(16,17)18/h5-6,10,20H,3,7-9H2,1H3,(H,19,21). The van der Waals surface area contributed by atoms with Crippen LogP contribution in [0.5, 0.6) is 0 Å². The van der Waals surface area contributed by atoms with Gasteiger partial charge in [0.15, 0.2) is 0 Å². The van der Waals surface area contributed by atoms with Crippen molar-refractivity contribution < 1.29 is 23.1 Å². The van der Waals surface area contributed by atoms with E-state index in [-0.39, 0.29) is 18.6 Å². The molecule has 2 N–H and O–H groups in total. The van der Waals surface area contributed by atoms with Crippen molar-refractivity contribution in [3.63, 3.8) is 0 Å². The molecule has 114 valence electrons. The number of nitrogens with one attached hydrogen (secondary N) is 1. The maximum atomic E-state index is 12.1. The number of rotatable bonds is 4. The highest BCUT2D eigenvalue weighted by Crippen LogP contribution is 2.18. The minimum absolute atomic E-state index is 0.0913. The first-order valence-corrected chi connectivity index (χ1v) is 6.39. The van der Waals surface area contributed by atoms with Crippen LogP contribution < -0.4 is 5.32 Å². The third-order valence-electron chi connectivity index (χ3n) is 2.57. The minimum Gasteiger partial charge on any atom is -0.395 e. The lowest BCUT2D eigenvalue weighted by atomic mass is 10.0. The maximum Gasteiger partial charge on any atom is 0.390 e. The van der Waals surface area contributed by atoms with Crippen LogP contribution in [-0.4, -0.2) is 30.3 Å². The lowest BCUT2D eigenvalue weighted by Gasteiger charge is -2.09. The molecular weight excluding hydrogens is 283 g/mol. The first kappa shape index (κ1) is 17.1. The van der Waals surface area contributed by atoms with Crippen LogP contribution in [0.4, 0.5) is 13.2 Å². The van der Waals surface area contributed by atoms with Crippen LogP contribution in [0, 0.1) is 18.8 Å². The number of halogens is 3. The average molecular weight is 299 g/mol. The monoisotopic (exact) mass is 299 g/mol. The number of amides is 1. The lowest BCUT2D eigenvalue weighted by Crippen LogP contribution is -2.28. The Hall–Kier alpha value is -2.00. The van der Waals surface area contributed by atoms with Crippen LogP contribution in [0.3, 0.4) is 0 Å². The third kappa shape index (κ3) is 6.32. The number of carbonyl (C=O) groups is 1. The summed E-state index contributed by atoms with van der Waals surface area (Å²) >= 11 is 0. The highest BCUT2D eigenvalue weighted by molar-refractivity contribution is 5.96. The van der Waals surface area contributed by atoms with E-state index in [1.807, 2.05) is 0 Å². The Balaban J connectivity index is 2.82. The fraction of sp³-hybridized carbons (Fsp3) is 0.400. The topological polar surface area (TPSA) is 49.3 Å². The zero-order chi connectivity index (χ0) is 15.9. The van der Waals surface area contributed by atoms with Crippen molar-refractivity contribution in [2.45, 2.75) is 25.9 Å². The second kappa shape index (κ2) is 7.70. The zero-order valence-electron chi connectivity index (χ0n) is 11.5. The van der Waals surface area contributed by atoms with Gasteiger partial charge in [0.05, 0.1) is 18.6 Å². The van der Waals surface area contributed by atoms with Crippen molar-refractivity contribution in [2.24, 2.45) is 0 Å². The number of alkyl halides is 3. The van der Waals surface area contributed by atoms with E-state index < -0.39 is 25.0 Å². The normalized spacial score (nSPS) is 10.7. The Morgan fingerprint density at radius 2 is 2.10 bits per heavy atom. The van der Waals surface area contributed by atoms with Gasteiger partial charge in [0.1, 0.15) is 0 Å². The first-order valence-electron chi connectivity index (χ1n) is 6.39. The quantitative estimate of drug-likeness (QED) is 0.839. The summed E-state index contributed by atoms with van der Waals surface area (Å²) in [6.45, 7) is 1.21. The number of aryl methyl sites for hydroxylation is 1. The molecule has 0 radical (unpaired) electrons. The summed E-state index contributed by atoms with van der Waals surface area (Å²) in [6.07, 6.45) is -5.11. The molecular formula is C15H16F3NO2. The molecule has 0 aromatic heterocycles. The van der Waals surface area contributed by atoms with Crippen LogP contribution in [0.15, 0.2) is 18.2 Å². The number of carbonyl (C=O) groups excluding carboxylic acids is 1. The molecule has 0 saturated carbocycles. The van der Waals surface area contributed by atoms with Gasteiger partial charge in [-0.2, -0.15) is 13.2 Å². The second-order valence-electron chi connectivity index (χ2n) is 4.45.